The maximum Gasteiger partial charge on any atom is -0.00234 e. The Bertz CT molecular complexity index is 44.0. The maximum absolute atomic E-state index is 3.30. The van der Waals surface area contributed by atoms with Crippen molar-refractivity contribution in [3.63, 3.8) is 0 Å². The van der Waals surface area contributed by atoms with Crippen LogP contribution >= 0.6 is 0 Å². The van der Waals surface area contributed by atoms with Crippen LogP contribution in [0.3, 0.4) is 0 Å². The van der Waals surface area contributed by atoms with Gasteiger partial charge in [-0.05, 0) is 19.0 Å². The van der Waals surface area contributed by atoms with E-state index in [1.165, 1.54) is 13.0 Å². The van der Waals surface area contributed by atoms with Gasteiger partial charge in [-0.3, -0.25) is 0 Å². The van der Waals surface area contributed by atoms with Gasteiger partial charge in [-0.1, -0.05) is 41.0 Å². The van der Waals surface area contributed by atoms with Crippen LogP contribution in [0.15, 0.2) is 0 Å². The van der Waals surface area contributed by atoms with Crippen molar-refractivity contribution in [2.24, 2.45) is 5.92 Å². The van der Waals surface area contributed by atoms with E-state index in [1.807, 2.05) is 13.8 Å². The zero-order valence-corrected chi connectivity index (χ0v) is 8.20. The summed E-state index contributed by atoms with van der Waals surface area (Å²) in [6.45, 7) is 12.9. The van der Waals surface area contributed by atoms with Crippen molar-refractivity contribution in [1.82, 2.24) is 5.32 Å². The zero-order chi connectivity index (χ0) is 8.41. The first-order chi connectivity index (χ1) is 4.81. The van der Waals surface area contributed by atoms with Crippen LogP contribution < -0.4 is 5.32 Å². The predicted octanol–water partition coefficient (Wildman–Crippen LogP) is 2.67. The van der Waals surface area contributed by atoms with Gasteiger partial charge in [0.2, 0.25) is 0 Å². The molecule has 0 radical (unpaired) electrons. The second kappa shape index (κ2) is 11.7. The highest BCUT2D eigenvalue weighted by Gasteiger charge is 1.93. The molecule has 0 saturated heterocycles. The fourth-order valence-corrected chi connectivity index (χ4v) is 0.535. The van der Waals surface area contributed by atoms with Crippen molar-refractivity contribution < 1.29 is 0 Å². The summed E-state index contributed by atoms with van der Waals surface area (Å²) >= 11 is 0. The van der Waals surface area contributed by atoms with E-state index in [4.69, 9.17) is 0 Å². The number of hydrogen-bond donors (Lipinski definition) is 1. The van der Waals surface area contributed by atoms with Crippen LogP contribution in [0.1, 0.15) is 41.0 Å². The van der Waals surface area contributed by atoms with Crippen LogP contribution in [0.2, 0.25) is 0 Å². The van der Waals surface area contributed by atoms with Crippen molar-refractivity contribution in [3.8, 4) is 0 Å². The Kier molecular flexibility index (Phi) is 14.8. The highest BCUT2D eigenvalue weighted by atomic mass is 14.8. The van der Waals surface area contributed by atoms with E-state index in [2.05, 4.69) is 26.1 Å². The van der Waals surface area contributed by atoms with Crippen molar-refractivity contribution >= 4 is 0 Å². The fourth-order valence-electron chi connectivity index (χ4n) is 0.535. The Balaban J connectivity index is 0. The molecule has 10 heavy (non-hydrogen) atoms. The van der Waals surface area contributed by atoms with Crippen LogP contribution in [0, 0.1) is 5.92 Å². The van der Waals surface area contributed by atoms with Crippen LogP contribution in [0.4, 0.5) is 0 Å². The molecular formula is C9H23N. The summed E-state index contributed by atoms with van der Waals surface area (Å²) in [4.78, 5) is 0. The minimum absolute atomic E-state index is 0.843. The smallest absolute Gasteiger partial charge is 0.00234 e. The minimum Gasteiger partial charge on any atom is -0.317 e. The standard InChI is InChI=1S/C7H17N.C2H6/c1-4-7(3)6-8-5-2;1-2/h7-8H,4-6H2,1-3H3;1-2H3. The van der Waals surface area contributed by atoms with E-state index in [9.17, 15) is 0 Å². The first kappa shape index (κ1) is 12.6. The number of rotatable bonds is 4. The third-order valence-corrected chi connectivity index (χ3v) is 1.44. The highest BCUT2D eigenvalue weighted by molar-refractivity contribution is 4.51. The van der Waals surface area contributed by atoms with E-state index >= 15 is 0 Å². The lowest BCUT2D eigenvalue weighted by Gasteiger charge is -2.06. The quantitative estimate of drug-likeness (QED) is 0.641. The summed E-state index contributed by atoms with van der Waals surface area (Å²) in [5.74, 6) is 0.843. The van der Waals surface area contributed by atoms with E-state index in [-0.39, 0.29) is 0 Å². The fraction of sp³-hybridized carbons (Fsp3) is 1.00. The van der Waals surface area contributed by atoms with Gasteiger partial charge in [0.1, 0.15) is 0 Å². The molecule has 0 aliphatic carbocycles. The molecule has 0 spiro atoms. The number of nitrogens with one attached hydrogen (secondary N) is 1. The first-order valence-electron chi connectivity index (χ1n) is 4.52. The second-order valence-electron chi connectivity index (χ2n) is 2.32. The average Bonchev–Trinajstić information content (AvgIpc) is 2.04. The van der Waals surface area contributed by atoms with Gasteiger partial charge in [0.05, 0.1) is 0 Å². The van der Waals surface area contributed by atoms with Gasteiger partial charge >= 0.3 is 0 Å². The lowest BCUT2D eigenvalue weighted by atomic mass is 10.1. The summed E-state index contributed by atoms with van der Waals surface area (Å²) in [5, 5.41) is 3.30. The van der Waals surface area contributed by atoms with Gasteiger partial charge in [-0.25, -0.2) is 0 Å². The predicted molar refractivity (Wildman–Crippen MR) is 49.3 cm³/mol. The highest BCUT2D eigenvalue weighted by Crippen LogP contribution is 1.95. The van der Waals surface area contributed by atoms with Crippen LogP contribution in [0.5, 0.6) is 0 Å². The van der Waals surface area contributed by atoms with E-state index in [1.54, 1.807) is 0 Å². The molecule has 1 atom stereocenters. The molecule has 0 aliphatic heterocycles. The van der Waals surface area contributed by atoms with Gasteiger partial charge in [0.15, 0.2) is 0 Å². The summed E-state index contributed by atoms with van der Waals surface area (Å²) in [6.07, 6.45) is 1.28. The SMILES string of the molecule is CC.CCNCC(C)CC. The molecule has 0 bridgehead atoms. The van der Waals surface area contributed by atoms with Crippen LogP contribution in [0.25, 0.3) is 0 Å². The molecule has 0 aromatic carbocycles. The molecule has 1 heteroatoms. The molecule has 0 aliphatic rings. The Morgan fingerprint density at radius 2 is 1.70 bits per heavy atom. The molecule has 0 fully saturated rings. The molecule has 1 nitrogen and oxygen atoms in total. The van der Waals surface area contributed by atoms with Crippen LogP contribution in [-0.2, 0) is 0 Å². The third-order valence-electron chi connectivity index (χ3n) is 1.44. The Hall–Kier alpha value is -0.0400. The van der Waals surface area contributed by atoms with Gasteiger partial charge < -0.3 is 5.32 Å². The monoisotopic (exact) mass is 145 g/mol. The van der Waals surface area contributed by atoms with E-state index in [0.29, 0.717) is 0 Å². The Morgan fingerprint density at radius 3 is 2.00 bits per heavy atom. The molecule has 0 rings (SSSR count). The summed E-state index contributed by atoms with van der Waals surface area (Å²) in [7, 11) is 0. The van der Waals surface area contributed by atoms with Crippen LogP contribution in [-0.4, -0.2) is 13.1 Å². The van der Waals surface area contributed by atoms with Gasteiger partial charge in [-0.15, -0.1) is 0 Å². The maximum atomic E-state index is 3.30. The Morgan fingerprint density at radius 1 is 1.20 bits per heavy atom. The number of hydrogen-bond acceptors (Lipinski definition) is 1. The summed E-state index contributed by atoms with van der Waals surface area (Å²) in [6, 6.07) is 0. The lowest BCUT2D eigenvalue weighted by Crippen LogP contribution is -2.19. The molecule has 64 valence electrons. The van der Waals surface area contributed by atoms with Crippen molar-refractivity contribution in [2.45, 2.75) is 41.0 Å². The summed E-state index contributed by atoms with van der Waals surface area (Å²) in [5.41, 5.74) is 0. The largest absolute Gasteiger partial charge is 0.317 e. The molecule has 0 amide bonds. The van der Waals surface area contributed by atoms with E-state index < -0.39 is 0 Å². The summed E-state index contributed by atoms with van der Waals surface area (Å²) < 4.78 is 0. The average molecular weight is 145 g/mol. The first-order valence-corrected chi connectivity index (χ1v) is 4.52. The zero-order valence-electron chi connectivity index (χ0n) is 8.20. The minimum atomic E-state index is 0.843. The Labute approximate surface area is 66.2 Å². The van der Waals surface area contributed by atoms with Crippen molar-refractivity contribution in [2.75, 3.05) is 13.1 Å². The van der Waals surface area contributed by atoms with Gasteiger partial charge in [0.25, 0.3) is 0 Å². The molecule has 1 unspecified atom stereocenters. The topological polar surface area (TPSA) is 12.0 Å². The second-order valence-corrected chi connectivity index (χ2v) is 2.32. The molecular weight excluding hydrogens is 122 g/mol. The van der Waals surface area contributed by atoms with Gasteiger partial charge in [-0.2, -0.15) is 0 Å². The molecule has 1 N–H and O–H groups in total. The molecule has 0 heterocycles. The van der Waals surface area contributed by atoms with Crippen molar-refractivity contribution in [1.29, 1.82) is 0 Å². The normalized spacial score (nSPS) is 11.7. The van der Waals surface area contributed by atoms with Crippen molar-refractivity contribution in [3.05, 3.63) is 0 Å². The molecule has 0 aromatic rings. The lowest BCUT2D eigenvalue weighted by molar-refractivity contribution is 0.510. The third kappa shape index (κ3) is 10.9. The molecule has 0 aromatic heterocycles. The molecule has 0 saturated carbocycles. The van der Waals surface area contributed by atoms with E-state index in [0.717, 1.165) is 12.5 Å². The van der Waals surface area contributed by atoms with Gasteiger partial charge in [0, 0.05) is 0 Å².